The van der Waals surface area contributed by atoms with Gasteiger partial charge >= 0.3 is 0 Å². The van der Waals surface area contributed by atoms with Crippen molar-refractivity contribution in [1.29, 1.82) is 0 Å². The van der Waals surface area contributed by atoms with Crippen molar-refractivity contribution in [1.82, 2.24) is 4.98 Å². The van der Waals surface area contributed by atoms with E-state index in [1.807, 2.05) is 18.2 Å². The lowest BCUT2D eigenvalue weighted by Crippen LogP contribution is -2.15. The largest absolute Gasteiger partial charge is 0.330 e. The number of halogens is 2. The third-order valence-corrected chi connectivity index (χ3v) is 3.32. The molecule has 1 unspecified atom stereocenters. The number of pyridine rings is 1. The van der Waals surface area contributed by atoms with Gasteiger partial charge in [0.1, 0.15) is 5.82 Å². The Balaban J connectivity index is 2.17. The fourth-order valence-corrected chi connectivity index (χ4v) is 2.11. The van der Waals surface area contributed by atoms with Crippen LogP contribution in [0.15, 0.2) is 47.1 Å². The summed E-state index contributed by atoms with van der Waals surface area (Å²) in [6.07, 6.45) is 2.47. The topological polar surface area (TPSA) is 38.9 Å². The third-order valence-electron chi connectivity index (χ3n) is 2.85. The molecule has 1 aromatic carbocycles. The molecule has 0 aliphatic rings. The number of nitrogens with zero attached hydrogens (tertiary/aromatic N) is 1. The zero-order valence-electron chi connectivity index (χ0n) is 9.81. The Morgan fingerprint density at radius 1 is 1.28 bits per heavy atom. The first-order valence-electron chi connectivity index (χ1n) is 5.75. The van der Waals surface area contributed by atoms with Crippen LogP contribution in [0.1, 0.15) is 17.2 Å². The third kappa shape index (κ3) is 3.37. The summed E-state index contributed by atoms with van der Waals surface area (Å²) in [5.74, 6) is -0.135. The Hall–Kier alpha value is -1.26. The predicted molar refractivity (Wildman–Crippen MR) is 73.8 cm³/mol. The SMILES string of the molecule is NCC(Cc1ccc(Br)cn1)c1cccc(F)c1. The zero-order valence-corrected chi connectivity index (χ0v) is 11.4. The molecular formula is C14H14BrFN2. The van der Waals surface area contributed by atoms with Gasteiger partial charge < -0.3 is 5.73 Å². The van der Waals surface area contributed by atoms with Crippen LogP contribution in [0.5, 0.6) is 0 Å². The van der Waals surface area contributed by atoms with E-state index in [9.17, 15) is 4.39 Å². The number of hydrogen-bond donors (Lipinski definition) is 1. The Kier molecular flexibility index (Phi) is 4.44. The molecule has 18 heavy (non-hydrogen) atoms. The number of nitrogens with two attached hydrogens (primary N) is 1. The first-order chi connectivity index (χ1) is 8.69. The molecule has 0 aliphatic heterocycles. The molecule has 1 aromatic heterocycles. The van der Waals surface area contributed by atoms with E-state index in [-0.39, 0.29) is 11.7 Å². The molecule has 2 aromatic rings. The highest BCUT2D eigenvalue weighted by Crippen LogP contribution is 2.20. The quantitative estimate of drug-likeness (QED) is 0.941. The highest BCUT2D eigenvalue weighted by molar-refractivity contribution is 9.10. The molecule has 1 heterocycles. The van der Waals surface area contributed by atoms with Gasteiger partial charge in [-0.2, -0.15) is 0 Å². The number of benzene rings is 1. The van der Waals surface area contributed by atoms with Crippen LogP contribution in [0, 0.1) is 5.82 Å². The lowest BCUT2D eigenvalue weighted by Gasteiger charge is -2.14. The molecule has 2 N–H and O–H groups in total. The molecule has 2 nitrogen and oxygen atoms in total. The molecule has 0 saturated carbocycles. The Bertz CT molecular complexity index is 513. The van der Waals surface area contributed by atoms with E-state index in [0.29, 0.717) is 13.0 Å². The van der Waals surface area contributed by atoms with Crippen LogP contribution in [-0.2, 0) is 6.42 Å². The van der Waals surface area contributed by atoms with Gasteiger partial charge in [0.25, 0.3) is 0 Å². The van der Waals surface area contributed by atoms with Crippen LogP contribution in [0.3, 0.4) is 0 Å². The van der Waals surface area contributed by atoms with Gasteiger partial charge in [0.2, 0.25) is 0 Å². The van der Waals surface area contributed by atoms with Crippen molar-refractivity contribution in [3.63, 3.8) is 0 Å². The molecule has 0 fully saturated rings. The van der Waals surface area contributed by atoms with Gasteiger partial charge in [-0.3, -0.25) is 4.98 Å². The van der Waals surface area contributed by atoms with E-state index in [1.54, 1.807) is 12.3 Å². The van der Waals surface area contributed by atoms with Crippen molar-refractivity contribution in [2.75, 3.05) is 6.54 Å². The monoisotopic (exact) mass is 308 g/mol. The summed E-state index contributed by atoms with van der Waals surface area (Å²) in [6.45, 7) is 0.473. The minimum atomic E-state index is -0.227. The van der Waals surface area contributed by atoms with E-state index in [0.717, 1.165) is 15.7 Å². The lowest BCUT2D eigenvalue weighted by molar-refractivity contribution is 0.615. The van der Waals surface area contributed by atoms with Crippen LogP contribution in [-0.4, -0.2) is 11.5 Å². The molecule has 0 aliphatic carbocycles. The van der Waals surface area contributed by atoms with Crippen molar-refractivity contribution < 1.29 is 4.39 Å². The van der Waals surface area contributed by atoms with Gasteiger partial charge in [-0.25, -0.2) is 4.39 Å². The van der Waals surface area contributed by atoms with E-state index in [1.165, 1.54) is 12.1 Å². The average Bonchev–Trinajstić information content (AvgIpc) is 2.38. The van der Waals surface area contributed by atoms with Crippen molar-refractivity contribution in [3.8, 4) is 0 Å². The lowest BCUT2D eigenvalue weighted by atomic mass is 9.94. The van der Waals surface area contributed by atoms with E-state index < -0.39 is 0 Å². The summed E-state index contributed by atoms with van der Waals surface area (Å²) in [7, 11) is 0. The molecule has 0 bridgehead atoms. The normalized spacial score (nSPS) is 12.4. The number of aromatic nitrogens is 1. The fourth-order valence-electron chi connectivity index (χ4n) is 1.88. The summed E-state index contributed by atoms with van der Waals surface area (Å²) in [5.41, 5.74) is 7.65. The molecule has 4 heteroatoms. The summed E-state index contributed by atoms with van der Waals surface area (Å²) in [5, 5.41) is 0. The second-order valence-corrected chi connectivity index (χ2v) is 5.08. The van der Waals surface area contributed by atoms with E-state index in [4.69, 9.17) is 5.73 Å². The molecule has 0 radical (unpaired) electrons. The molecule has 1 atom stereocenters. The second kappa shape index (κ2) is 6.07. The maximum absolute atomic E-state index is 13.2. The minimum absolute atomic E-state index is 0.0920. The van der Waals surface area contributed by atoms with Crippen molar-refractivity contribution in [2.24, 2.45) is 5.73 Å². The Morgan fingerprint density at radius 3 is 2.72 bits per heavy atom. The second-order valence-electron chi connectivity index (χ2n) is 4.16. The highest BCUT2D eigenvalue weighted by Gasteiger charge is 2.12. The minimum Gasteiger partial charge on any atom is -0.330 e. The molecule has 0 saturated heterocycles. The van der Waals surface area contributed by atoms with Crippen LogP contribution < -0.4 is 5.73 Å². The van der Waals surface area contributed by atoms with Crippen molar-refractivity contribution >= 4 is 15.9 Å². The highest BCUT2D eigenvalue weighted by atomic mass is 79.9. The van der Waals surface area contributed by atoms with Gasteiger partial charge in [-0.1, -0.05) is 12.1 Å². The Morgan fingerprint density at radius 2 is 2.11 bits per heavy atom. The van der Waals surface area contributed by atoms with Gasteiger partial charge in [-0.15, -0.1) is 0 Å². The van der Waals surface area contributed by atoms with Crippen LogP contribution in [0.4, 0.5) is 4.39 Å². The van der Waals surface area contributed by atoms with Crippen LogP contribution >= 0.6 is 15.9 Å². The summed E-state index contributed by atoms with van der Waals surface area (Å²) >= 11 is 3.35. The fraction of sp³-hybridized carbons (Fsp3) is 0.214. The van der Waals surface area contributed by atoms with Crippen molar-refractivity contribution in [2.45, 2.75) is 12.3 Å². The van der Waals surface area contributed by atoms with E-state index in [2.05, 4.69) is 20.9 Å². The van der Waals surface area contributed by atoms with Crippen LogP contribution in [0.2, 0.25) is 0 Å². The molecule has 0 spiro atoms. The standard InChI is InChI=1S/C14H14BrFN2/c15-12-4-5-14(18-9-12)7-11(8-17)10-2-1-3-13(16)6-10/h1-6,9,11H,7-8,17H2. The van der Waals surface area contributed by atoms with Gasteiger partial charge in [-0.05, 0) is 58.7 Å². The summed E-state index contributed by atoms with van der Waals surface area (Å²) in [4.78, 5) is 4.32. The molecule has 2 rings (SSSR count). The summed E-state index contributed by atoms with van der Waals surface area (Å²) in [6, 6.07) is 10.5. The van der Waals surface area contributed by atoms with Gasteiger partial charge in [0.15, 0.2) is 0 Å². The smallest absolute Gasteiger partial charge is 0.123 e. The number of hydrogen-bond acceptors (Lipinski definition) is 2. The zero-order chi connectivity index (χ0) is 13.0. The molecule has 94 valence electrons. The van der Waals surface area contributed by atoms with Gasteiger partial charge in [0.05, 0.1) is 0 Å². The van der Waals surface area contributed by atoms with Crippen LogP contribution in [0.25, 0.3) is 0 Å². The first-order valence-corrected chi connectivity index (χ1v) is 6.54. The first kappa shape index (κ1) is 13.2. The molecule has 0 amide bonds. The maximum Gasteiger partial charge on any atom is 0.123 e. The predicted octanol–water partition coefficient (Wildman–Crippen LogP) is 3.27. The van der Waals surface area contributed by atoms with Crippen molar-refractivity contribution in [3.05, 3.63) is 64.1 Å². The van der Waals surface area contributed by atoms with E-state index >= 15 is 0 Å². The maximum atomic E-state index is 13.2. The molecular weight excluding hydrogens is 295 g/mol. The summed E-state index contributed by atoms with van der Waals surface area (Å²) < 4.78 is 14.1. The Labute approximate surface area is 114 Å². The average molecular weight is 309 g/mol. The number of rotatable bonds is 4. The van der Waals surface area contributed by atoms with Gasteiger partial charge in [0, 0.05) is 22.3 Å².